The molecule has 7 heteroatoms. The second-order valence-corrected chi connectivity index (χ2v) is 4.36. The molecule has 0 amide bonds. The molecule has 1 aromatic carbocycles. The summed E-state index contributed by atoms with van der Waals surface area (Å²) in [5.74, 6) is 5.56. The standard InChI is InChI=1S/C9H8ClFN4S/c10-7-2-1-3-8(11)6(7)4-16-9-14-13-5-15(9)12/h1-3,5H,4,12H2. The molecule has 0 saturated carbocycles. The monoisotopic (exact) mass is 258 g/mol. The molecular weight excluding hydrogens is 251 g/mol. The van der Waals surface area contributed by atoms with E-state index in [1.54, 1.807) is 12.1 Å². The van der Waals surface area contributed by atoms with Gasteiger partial charge >= 0.3 is 0 Å². The molecule has 0 radical (unpaired) electrons. The van der Waals surface area contributed by atoms with Crippen LogP contribution in [0.25, 0.3) is 0 Å². The van der Waals surface area contributed by atoms with Gasteiger partial charge in [-0.05, 0) is 12.1 Å². The van der Waals surface area contributed by atoms with Gasteiger partial charge < -0.3 is 5.84 Å². The first-order valence-electron chi connectivity index (χ1n) is 4.39. The van der Waals surface area contributed by atoms with E-state index < -0.39 is 0 Å². The van der Waals surface area contributed by atoms with E-state index in [1.807, 2.05) is 0 Å². The van der Waals surface area contributed by atoms with Crippen LogP contribution in [0.5, 0.6) is 0 Å². The van der Waals surface area contributed by atoms with Crippen LogP contribution < -0.4 is 5.84 Å². The molecule has 2 aromatic rings. The first-order chi connectivity index (χ1) is 7.68. The minimum atomic E-state index is -0.330. The topological polar surface area (TPSA) is 56.7 Å². The van der Waals surface area contributed by atoms with Crippen molar-refractivity contribution >= 4 is 23.4 Å². The average Bonchev–Trinajstić information content (AvgIpc) is 2.64. The Labute approximate surface area is 101 Å². The van der Waals surface area contributed by atoms with Gasteiger partial charge in [-0.1, -0.05) is 29.4 Å². The number of nitrogens with zero attached hydrogens (tertiary/aromatic N) is 3. The summed E-state index contributed by atoms with van der Waals surface area (Å²) >= 11 is 7.16. The summed E-state index contributed by atoms with van der Waals surface area (Å²) in [6, 6.07) is 4.58. The smallest absolute Gasteiger partial charge is 0.209 e. The molecule has 0 fully saturated rings. The number of nitrogens with two attached hydrogens (primary N) is 1. The maximum Gasteiger partial charge on any atom is 0.209 e. The maximum absolute atomic E-state index is 13.4. The van der Waals surface area contributed by atoms with Gasteiger partial charge in [-0.3, -0.25) is 0 Å². The van der Waals surface area contributed by atoms with E-state index in [1.165, 1.54) is 28.8 Å². The van der Waals surface area contributed by atoms with Crippen molar-refractivity contribution in [2.24, 2.45) is 0 Å². The zero-order valence-corrected chi connectivity index (χ0v) is 9.67. The molecule has 0 bridgehead atoms. The van der Waals surface area contributed by atoms with Crippen molar-refractivity contribution < 1.29 is 4.39 Å². The molecule has 0 aliphatic rings. The van der Waals surface area contributed by atoms with Gasteiger partial charge in [0.2, 0.25) is 5.16 Å². The highest BCUT2D eigenvalue weighted by Crippen LogP contribution is 2.26. The normalized spacial score (nSPS) is 10.6. The van der Waals surface area contributed by atoms with Gasteiger partial charge in [-0.2, -0.15) is 0 Å². The SMILES string of the molecule is Nn1cnnc1SCc1c(F)cccc1Cl. The molecule has 16 heavy (non-hydrogen) atoms. The summed E-state index contributed by atoms with van der Waals surface area (Å²) in [4.78, 5) is 0. The summed E-state index contributed by atoms with van der Waals surface area (Å²) in [5, 5.41) is 8.31. The van der Waals surface area contributed by atoms with Crippen LogP contribution in [-0.4, -0.2) is 14.9 Å². The van der Waals surface area contributed by atoms with Crippen molar-refractivity contribution in [3.05, 3.63) is 40.9 Å². The van der Waals surface area contributed by atoms with Crippen LogP contribution in [0, 0.1) is 5.82 Å². The van der Waals surface area contributed by atoms with Crippen molar-refractivity contribution in [3.8, 4) is 0 Å². The maximum atomic E-state index is 13.4. The van der Waals surface area contributed by atoms with E-state index in [4.69, 9.17) is 17.4 Å². The van der Waals surface area contributed by atoms with Gasteiger partial charge in [0.15, 0.2) is 0 Å². The number of thioether (sulfide) groups is 1. The van der Waals surface area contributed by atoms with Gasteiger partial charge in [0.25, 0.3) is 0 Å². The van der Waals surface area contributed by atoms with Crippen LogP contribution >= 0.6 is 23.4 Å². The first-order valence-corrected chi connectivity index (χ1v) is 5.75. The molecule has 0 unspecified atom stereocenters. The Morgan fingerprint density at radius 3 is 2.94 bits per heavy atom. The summed E-state index contributed by atoms with van der Waals surface area (Å²) < 4.78 is 14.7. The molecule has 0 saturated heterocycles. The molecule has 0 aliphatic heterocycles. The fourth-order valence-corrected chi connectivity index (χ4v) is 2.32. The molecule has 0 spiro atoms. The number of benzene rings is 1. The lowest BCUT2D eigenvalue weighted by Crippen LogP contribution is -2.07. The Bertz CT molecular complexity index is 482. The van der Waals surface area contributed by atoms with Gasteiger partial charge in [0, 0.05) is 16.3 Å². The molecule has 0 aliphatic carbocycles. The Morgan fingerprint density at radius 2 is 2.31 bits per heavy atom. The number of aromatic nitrogens is 3. The van der Waals surface area contributed by atoms with Crippen LogP contribution in [-0.2, 0) is 5.75 Å². The van der Waals surface area contributed by atoms with Crippen LogP contribution in [0.2, 0.25) is 5.02 Å². The minimum absolute atomic E-state index is 0.330. The lowest BCUT2D eigenvalue weighted by atomic mass is 10.2. The second-order valence-electron chi connectivity index (χ2n) is 3.01. The van der Waals surface area contributed by atoms with E-state index >= 15 is 0 Å². The van der Waals surface area contributed by atoms with Crippen LogP contribution in [0.3, 0.4) is 0 Å². The summed E-state index contributed by atoms with van der Waals surface area (Å²) in [6.45, 7) is 0. The minimum Gasteiger partial charge on any atom is -0.336 e. The predicted molar refractivity (Wildman–Crippen MR) is 61.1 cm³/mol. The van der Waals surface area contributed by atoms with E-state index in [2.05, 4.69) is 10.2 Å². The summed E-state index contributed by atoms with van der Waals surface area (Å²) in [6.07, 6.45) is 1.38. The van der Waals surface area contributed by atoms with Crippen LogP contribution in [0.4, 0.5) is 4.39 Å². The first kappa shape index (κ1) is 11.2. The van der Waals surface area contributed by atoms with Crippen molar-refractivity contribution in [3.63, 3.8) is 0 Å². The molecule has 1 heterocycles. The molecule has 1 aromatic heterocycles. The van der Waals surface area contributed by atoms with Crippen molar-refractivity contribution in [1.29, 1.82) is 0 Å². The largest absolute Gasteiger partial charge is 0.336 e. The molecule has 4 nitrogen and oxygen atoms in total. The number of rotatable bonds is 3. The zero-order chi connectivity index (χ0) is 11.5. The second kappa shape index (κ2) is 4.71. The fraction of sp³-hybridized carbons (Fsp3) is 0.111. The third kappa shape index (κ3) is 2.28. The van der Waals surface area contributed by atoms with Crippen molar-refractivity contribution in [2.45, 2.75) is 10.9 Å². The molecule has 84 valence electrons. The van der Waals surface area contributed by atoms with Crippen molar-refractivity contribution in [1.82, 2.24) is 14.9 Å². The number of hydrogen-bond acceptors (Lipinski definition) is 4. The molecule has 2 N–H and O–H groups in total. The van der Waals surface area contributed by atoms with Gasteiger partial charge in [0.05, 0.1) is 0 Å². The third-order valence-corrected chi connectivity index (χ3v) is 3.29. The fourth-order valence-electron chi connectivity index (χ4n) is 1.14. The lowest BCUT2D eigenvalue weighted by molar-refractivity contribution is 0.617. The van der Waals surface area contributed by atoms with Crippen molar-refractivity contribution in [2.75, 3.05) is 5.84 Å². The van der Waals surface area contributed by atoms with Crippen LogP contribution in [0.1, 0.15) is 5.56 Å². The highest BCUT2D eigenvalue weighted by atomic mass is 35.5. The highest BCUT2D eigenvalue weighted by Gasteiger charge is 2.09. The quantitative estimate of drug-likeness (QED) is 0.676. The Balaban J connectivity index is 2.14. The Morgan fingerprint density at radius 1 is 1.50 bits per heavy atom. The third-order valence-electron chi connectivity index (χ3n) is 1.95. The van der Waals surface area contributed by atoms with E-state index in [0.717, 1.165) is 0 Å². The summed E-state index contributed by atoms with van der Waals surface area (Å²) in [7, 11) is 0. The highest BCUT2D eigenvalue weighted by molar-refractivity contribution is 7.98. The Kier molecular flexibility index (Phi) is 3.31. The van der Waals surface area contributed by atoms with Gasteiger partial charge in [-0.15, -0.1) is 10.2 Å². The molecular formula is C9H8ClFN4S. The number of hydrogen-bond donors (Lipinski definition) is 1. The van der Waals surface area contributed by atoms with E-state index in [-0.39, 0.29) is 5.82 Å². The van der Waals surface area contributed by atoms with Gasteiger partial charge in [-0.25, -0.2) is 9.07 Å². The predicted octanol–water partition coefficient (Wildman–Crippen LogP) is 2.08. The zero-order valence-electron chi connectivity index (χ0n) is 8.10. The van der Waals surface area contributed by atoms with Gasteiger partial charge in [0.1, 0.15) is 12.1 Å². The lowest BCUT2D eigenvalue weighted by Gasteiger charge is -2.04. The number of halogens is 2. The Hall–Kier alpha value is -1.27. The van der Waals surface area contributed by atoms with Crippen LogP contribution in [0.15, 0.2) is 29.7 Å². The number of nitrogen functional groups attached to an aromatic ring is 1. The summed E-state index contributed by atoms with van der Waals surface area (Å²) in [5.41, 5.74) is 0.442. The van der Waals surface area contributed by atoms with E-state index in [9.17, 15) is 4.39 Å². The van der Waals surface area contributed by atoms with E-state index in [0.29, 0.717) is 21.5 Å². The average molecular weight is 259 g/mol. The molecule has 2 rings (SSSR count). The molecule has 0 atom stereocenters.